The molecular weight excluding hydrogens is 318 g/mol. The maximum absolute atomic E-state index is 12.0. The number of hydrogen-bond acceptors (Lipinski definition) is 4. The summed E-state index contributed by atoms with van der Waals surface area (Å²) in [4.78, 5) is 23.7. The van der Waals surface area contributed by atoms with Gasteiger partial charge in [0.2, 0.25) is 5.91 Å². The zero-order chi connectivity index (χ0) is 15.9. The SMILES string of the molecule is CC(NC(=O)c1ccco1)C(=O)NCC(N)c1ccccc1.Cl. The topological polar surface area (TPSA) is 97.4 Å². The summed E-state index contributed by atoms with van der Waals surface area (Å²) in [5.74, 6) is -0.563. The molecule has 0 bridgehead atoms. The van der Waals surface area contributed by atoms with Gasteiger partial charge in [-0.3, -0.25) is 9.59 Å². The van der Waals surface area contributed by atoms with Crippen LogP contribution in [0.4, 0.5) is 0 Å². The molecule has 2 aromatic rings. The highest BCUT2D eigenvalue weighted by Crippen LogP contribution is 2.08. The first-order valence-electron chi connectivity index (χ1n) is 7.00. The van der Waals surface area contributed by atoms with Crippen molar-refractivity contribution in [2.24, 2.45) is 5.73 Å². The second-order valence-electron chi connectivity index (χ2n) is 4.93. The van der Waals surface area contributed by atoms with E-state index in [0.29, 0.717) is 6.54 Å². The van der Waals surface area contributed by atoms with Crippen molar-refractivity contribution < 1.29 is 14.0 Å². The van der Waals surface area contributed by atoms with E-state index in [1.54, 1.807) is 13.0 Å². The molecule has 0 aliphatic carbocycles. The Bertz CT molecular complexity index is 617. The molecule has 6 nitrogen and oxygen atoms in total. The van der Waals surface area contributed by atoms with Crippen LogP contribution in [0.15, 0.2) is 53.1 Å². The summed E-state index contributed by atoms with van der Waals surface area (Å²) in [5, 5.41) is 5.28. The van der Waals surface area contributed by atoms with Crippen molar-refractivity contribution >= 4 is 24.2 Å². The van der Waals surface area contributed by atoms with Gasteiger partial charge in [-0.15, -0.1) is 12.4 Å². The lowest BCUT2D eigenvalue weighted by atomic mass is 10.1. The Balaban J connectivity index is 0.00000264. The molecule has 2 amide bonds. The Morgan fingerprint density at radius 1 is 1.17 bits per heavy atom. The van der Waals surface area contributed by atoms with Gasteiger partial charge in [0.05, 0.1) is 6.26 Å². The van der Waals surface area contributed by atoms with Crippen LogP contribution in [-0.2, 0) is 4.79 Å². The van der Waals surface area contributed by atoms with Crippen LogP contribution in [0.25, 0.3) is 0 Å². The minimum atomic E-state index is -0.680. The second kappa shape index (κ2) is 8.97. The van der Waals surface area contributed by atoms with Gasteiger partial charge in [-0.05, 0) is 24.6 Å². The molecule has 4 N–H and O–H groups in total. The predicted molar refractivity (Wildman–Crippen MR) is 89.3 cm³/mol. The van der Waals surface area contributed by atoms with Crippen LogP contribution in [0.1, 0.15) is 29.1 Å². The second-order valence-corrected chi connectivity index (χ2v) is 4.93. The third-order valence-electron chi connectivity index (χ3n) is 3.21. The van der Waals surface area contributed by atoms with Gasteiger partial charge in [-0.25, -0.2) is 0 Å². The molecule has 0 radical (unpaired) electrons. The standard InChI is InChI=1S/C16H19N3O3.ClH/c1-11(19-16(21)14-8-5-9-22-14)15(20)18-10-13(17)12-6-3-2-4-7-12;/h2-9,11,13H,10,17H2,1H3,(H,18,20)(H,19,21);1H. The Kier molecular flexibility index (Phi) is 7.31. The van der Waals surface area contributed by atoms with Crippen molar-refractivity contribution in [3.63, 3.8) is 0 Å². The number of benzene rings is 1. The maximum atomic E-state index is 12.0. The van der Waals surface area contributed by atoms with E-state index in [9.17, 15) is 9.59 Å². The Hall–Kier alpha value is -2.31. The summed E-state index contributed by atoms with van der Waals surface area (Å²) in [6.07, 6.45) is 1.40. The summed E-state index contributed by atoms with van der Waals surface area (Å²) >= 11 is 0. The van der Waals surface area contributed by atoms with E-state index in [4.69, 9.17) is 10.2 Å². The summed E-state index contributed by atoms with van der Waals surface area (Å²) < 4.78 is 4.97. The van der Waals surface area contributed by atoms with Crippen LogP contribution in [0.3, 0.4) is 0 Å². The molecule has 0 fully saturated rings. The molecule has 2 atom stereocenters. The lowest BCUT2D eigenvalue weighted by Crippen LogP contribution is -2.46. The van der Waals surface area contributed by atoms with E-state index in [1.807, 2.05) is 30.3 Å². The number of nitrogens with two attached hydrogens (primary N) is 1. The Morgan fingerprint density at radius 2 is 1.87 bits per heavy atom. The molecule has 0 saturated carbocycles. The molecule has 0 saturated heterocycles. The van der Waals surface area contributed by atoms with E-state index >= 15 is 0 Å². The Labute approximate surface area is 140 Å². The van der Waals surface area contributed by atoms with Gasteiger partial charge < -0.3 is 20.8 Å². The van der Waals surface area contributed by atoms with Crippen molar-refractivity contribution in [3.05, 3.63) is 60.1 Å². The van der Waals surface area contributed by atoms with Crippen LogP contribution >= 0.6 is 12.4 Å². The van der Waals surface area contributed by atoms with Crippen LogP contribution in [0.2, 0.25) is 0 Å². The molecule has 2 unspecified atom stereocenters. The number of amides is 2. The van der Waals surface area contributed by atoms with E-state index in [1.165, 1.54) is 12.3 Å². The average Bonchev–Trinajstić information content (AvgIpc) is 3.07. The summed E-state index contributed by atoms with van der Waals surface area (Å²) in [6.45, 7) is 1.90. The molecule has 2 rings (SSSR count). The van der Waals surface area contributed by atoms with Gasteiger partial charge in [0.25, 0.3) is 5.91 Å². The van der Waals surface area contributed by atoms with Crippen LogP contribution in [0.5, 0.6) is 0 Å². The van der Waals surface area contributed by atoms with Gasteiger partial charge in [0.15, 0.2) is 5.76 Å². The largest absolute Gasteiger partial charge is 0.459 e. The van der Waals surface area contributed by atoms with Gasteiger partial charge in [-0.2, -0.15) is 0 Å². The quantitative estimate of drug-likeness (QED) is 0.746. The fraction of sp³-hybridized carbons (Fsp3) is 0.250. The predicted octanol–water partition coefficient (Wildman–Crippen LogP) is 1.64. The molecular formula is C16H20ClN3O3. The first-order valence-corrected chi connectivity index (χ1v) is 7.00. The molecule has 23 heavy (non-hydrogen) atoms. The van der Waals surface area contributed by atoms with Crippen LogP contribution in [0, 0.1) is 0 Å². The third-order valence-corrected chi connectivity index (χ3v) is 3.21. The van der Waals surface area contributed by atoms with Gasteiger partial charge in [0, 0.05) is 12.6 Å². The first-order chi connectivity index (χ1) is 10.6. The number of carbonyl (C=O) groups excluding carboxylic acids is 2. The highest BCUT2D eigenvalue weighted by molar-refractivity contribution is 5.95. The van der Waals surface area contributed by atoms with Crippen molar-refractivity contribution in [2.45, 2.75) is 19.0 Å². The molecule has 1 aromatic carbocycles. The monoisotopic (exact) mass is 337 g/mol. The molecule has 1 heterocycles. The lowest BCUT2D eigenvalue weighted by Gasteiger charge is -2.16. The van der Waals surface area contributed by atoms with Crippen molar-refractivity contribution in [1.29, 1.82) is 0 Å². The number of carbonyl (C=O) groups is 2. The average molecular weight is 338 g/mol. The zero-order valence-corrected chi connectivity index (χ0v) is 13.5. The van der Waals surface area contributed by atoms with Crippen LogP contribution in [-0.4, -0.2) is 24.4 Å². The Morgan fingerprint density at radius 3 is 2.48 bits per heavy atom. The number of halogens is 1. The minimum Gasteiger partial charge on any atom is -0.459 e. The van der Waals surface area contributed by atoms with Gasteiger partial charge in [-0.1, -0.05) is 30.3 Å². The lowest BCUT2D eigenvalue weighted by molar-refractivity contribution is -0.122. The normalized spacial score (nSPS) is 12.6. The number of nitrogens with one attached hydrogen (secondary N) is 2. The molecule has 124 valence electrons. The highest BCUT2D eigenvalue weighted by Gasteiger charge is 2.18. The zero-order valence-electron chi connectivity index (χ0n) is 12.7. The van der Waals surface area contributed by atoms with E-state index in [0.717, 1.165) is 5.56 Å². The molecule has 1 aromatic heterocycles. The molecule has 0 aliphatic heterocycles. The fourth-order valence-corrected chi connectivity index (χ4v) is 1.92. The van der Waals surface area contributed by atoms with E-state index in [2.05, 4.69) is 10.6 Å². The number of rotatable bonds is 6. The van der Waals surface area contributed by atoms with E-state index < -0.39 is 11.9 Å². The van der Waals surface area contributed by atoms with E-state index in [-0.39, 0.29) is 30.1 Å². The van der Waals surface area contributed by atoms with Crippen molar-refractivity contribution in [3.8, 4) is 0 Å². The summed E-state index contributed by atoms with van der Waals surface area (Å²) in [6, 6.07) is 11.7. The third kappa shape index (κ3) is 5.43. The minimum absolute atomic E-state index is 0. The maximum Gasteiger partial charge on any atom is 0.287 e. The molecule has 0 aliphatic rings. The van der Waals surface area contributed by atoms with Gasteiger partial charge in [0.1, 0.15) is 6.04 Å². The van der Waals surface area contributed by atoms with Crippen molar-refractivity contribution in [1.82, 2.24) is 10.6 Å². The number of hydrogen-bond donors (Lipinski definition) is 3. The smallest absolute Gasteiger partial charge is 0.287 e. The fourth-order valence-electron chi connectivity index (χ4n) is 1.92. The number of furan rings is 1. The van der Waals surface area contributed by atoms with Crippen LogP contribution < -0.4 is 16.4 Å². The summed E-state index contributed by atoms with van der Waals surface area (Å²) in [5.41, 5.74) is 6.94. The summed E-state index contributed by atoms with van der Waals surface area (Å²) in [7, 11) is 0. The molecule has 7 heteroatoms. The first kappa shape index (κ1) is 18.7. The highest BCUT2D eigenvalue weighted by atomic mass is 35.5. The van der Waals surface area contributed by atoms with Crippen molar-refractivity contribution in [2.75, 3.05) is 6.54 Å². The van der Waals surface area contributed by atoms with Gasteiger partial charge >= 0.3 is 0 Å². The molecule has 0 spiro atoms.